The molecule has 1 aromatic carbocycles. The largest absolute Gasteiger partial charge is 0.573 e. The molecule has 1 rings (SSSR count). The van der Waals surface area contributed by atoms with Crippen LogP contribution in [-0.4, -0.2) is 24.9 Å². The van der Waals surface area contributed by atoms with Crippen LogP contribution in [0.1, 0.15) is 24.2 Å². The summed E-state index contributed by atoms with van der Waals surface area (Å²) in [5.41, 5.74) is -0.143. The molecule has 0 heterocycles. The minimum Gasteiger partial charge on any atom is -0.405 e. The Kier molecular flexibility index (Phi) is 4.72. The molecule has 0 aliphatic heterocycles. The molecular weight excluding hydrogens is 249 g/mol. The van der Waals surface area contributed by atoms with Crippen LogP contribution in [0.15, 0.2) is 24.3 Å². The summed E-state index contributed by atoms with van der Waals surface area (Å²) in [6.45, 7) is 3.17. The molecule has 0 unspecified atom stereocenters. The van der Waals surface area contributed by atoms with Gasteiger partial charge >= 0.3 is 6.36 Å². The molecule has 0 spiro atoms. The molecule has 0 aliphatic carbocycles. The van der Waals surface area contributed by atoms with Crippen molar-refractivity contribution in [3.05, 3.63) is 29.8 Å². The summed E-state index contributed by atoms with van der Waals surface area (Å²) in [6, 6.07) is 5.19. The third kappa shape index (κ3) is 4.75. The molecule has 0 aliphatic rings. The average molecular weight is 262 g/mol. The quantitative estimate of drug-likeness (QED) is 0.764. The first-order valence-electron chi connectivity index (χ1n) is 5.29. The second-order valence-corrected chi connectivity index (χ2v) is 3.83. The second kappa shape index (κ2) is 5.86. The average Bonchev–Trinajstić information content (AvgIpc) is 2.24. The second-order valence-electron chi connectivity index (χ2n) is 3.83. The third-order valence-electron chi connectivity index (χ3n) is 1.96. The molecule has 6 heteroatoms. The van der Waals surface area contributed by atoms with Crippen LogP contribution < -0.4 is 4.74 Å². The van der Waals surface area contributed by atoms with E-state index in [0.717, 1.165) is 6.07 Å². The van der Waals surface area contributed by atoms with Crippen molar-refractivity contribution in [2.75, 3.05) is 6.61 Å². The van der Waals surface area contributed by atoms with E-state index in [1.807, 2.05) is 0 Å². The molecule has 0 saturated carbocycles. The number of hydrogen-bond donors (Lipinski definition) is 0. The zero-order valence-electron chi connectivity index (χ0n) is 9.95. The van der Waals surface area contributed by atoms with Crippen LogP contribution in [0.5, 0.6) is 5.75 Å². The summed E-state index contributed by atoms with van der Waals surface area (Å²) in [5, 5.41) is 0. The fourth-order valence-corrected chi connectivity index (χ4v) is 1.23. The number of Topliss-reactive ketones (excluding diaryl/α,β-unsaturated/α-hetero) is 1. The van der Waals surface area contributed by atoms with Crippen molar-refractivity contribution in [1.82, 2.24) is 0 Å². The molecule has 0 N–H and O–H groups in total. The van der Waals surface area contributed by atoms with Gasteiger partial charge in [0.15, 0.2) is 5.78 Å². The zero-order chi connectivity index (χ0) is 13.8. The van der Waals surface area contributed by atoms with Crippen LogP contribution in [-0.2, 0) is 4.74 Å². The highest BCUT2D eigenvalue weighted by Gasteiger charge is 2.32. The minimum absolute atomic E-state index is 0.143. The molecule has 100 valence electrons. The van der Waals surface area contributed by atoms with Crippen LogP contribution in [0.3, 0.4) is 0 Å². The molecule has 0 bridgehead atoms. The van der Waals surface area contributed by atoms with Gasteiger partial charge in [-0.15, -0.1) is 13.2 Å². The van der Waals surface area contributed by atoms with Crippen LogP contribution in [0.25, 0.3) is 0 Å². The van der Waals surface area contributed by atoms with Gasteiger partial charge in [0.25, 0.3) is 0 Å². The lowest BCUT2D eigenvalue weighted by Crippen LogP contribution is -2.20. The maximum Gasteiger partial charge on any atom is 0.573 e. The molecule has 0 radical (unpaired) electrons. The molecule has 0 atom stereocenters. The number of rotatable bonds is 5. The molecule has 0 aromatic heterocycles. The third-order valence-corrected chi connectivity index (χ3v) is 1.96. The number of para-hydroxylation sites is 1. The van der Waals surface area contributed by atoms with Crippen LogP contribution >= 0.6 is 0 Å². The van der Waals surface area contributed by atoms with E-state index in [1.165, 1.54) is 18.2 Å². The Morgan fingerprint density at radius 2 is 1.89 bits per heavy atom. The summed E-state index contributed by atoms with van der Waals surface area (Å²) >= 11 is 0. The number of hydrogen-bond acceptors (Lipinski definition) is 3. The minimum atomic E-state index is -4.82. The van der Waals surface area contributed by atoms with E-state index in [-0.39, 0.29) is 18.3 Å². The number of halogens is 3. The molecule has 1 aromatic rings. The summed E-state index contributed by atoms with van der Waals surface area (Å²) in [6.07, 6.45) is -5.00. The molecule has 0 saturated heterocycles. The van der Waals surface area contributed by atoms with E-state index >= 15 is 0 Å². The van der Waals surface area contributed by atoms with E-state index in [9.17, 15) is 18.0 Å². The fraction of sp³-hybridized carbons (Fsp3) is 0.417. The van der Waals surface area contributed by atoms with Crippen LogP contribution in [0, 0.1) is 0 Å². The van der Waals surface area contributed by atoms with Gasteiger partial charge in [0.05, 0.1) is 11.7 Å². The maximum atomic E-state index is 12.1. The van der Waals surface area contributed by atoms with Gasteiger partial charge in [-0.05, 0) is 26.0 Å². The van der Waals surface area contributed by atoms with Gasteiger partial charge < -0.3 is 9.47 Å². The smallest absolute Gasteiger partial charge is 0.405 e. The van der Waals surface area contributed by atoms with Gasteiger partial charge in [-0.2, -0.15) is 0 Å². The number of carbonyl (C=O) groups excluding carboxylic acids is 1. The number of ether oxygens (including phenoxy) is 2. The highest BCUT2D eigenvalue weighted by molar-refractivity contribution is 5.99. The molecule has 18 heavy (non-hydrogen) atoms. The molecule has 3 nitrogen and oxygen atoms in total. The number of carbonyl (C=O) groups is 1. The predicted octanol–water partition coefficient (Wildman–Crippen LogP) is 3.19. The Hall–Kier alpha value is -1.56. The number of benzene rings is 1. The lowest BCUT2D eigenvalue weighted by Gasteiger charge is -2.13. The van der Waals surface area contributed by atoms with E-state index in [0.29, 0.717) is 0 Å². The predicted molar refractivity (Wildman–Crippen MR) is 58.5 cm³/mol. The molecular formula is C12H13F3O3. The summed E-state index contributed by atoms with van der Waals surface area (Å²) in [7, 11) is 0. The van der Waals surface area contributed by atoms with Crippen molar-refractivity contribution in [3.8, 4) is 5.75 Å². The van der Waals surface area contributed by atoms with Gasteiger partial charge in [-0.1, -0.05) is 12.1 Å². The number of alkyl halides is 3. The highest BCUT2D eigenvalue weighted by Crippen LogP contribution is 2.26. The van der Waals surface area contributed by atoms with Gasteiger partial charge in [-0.25, -0.2) is 0 Å². The summed E-state index contributed by atoms with van der Waals surface area (Å²) in [5.74, 6) is -1.06. The van der Waals surface area contributed by atoms with Crippen molar-refractivity contribution in [2.45, 2.75) is 26.3 Å². The number of ketones is 1. The topological polar surface area (TPSA) is 35.5 Å². The Morgan fingerprint density at radius 1 is 1.28 bits per heavy atom. The Morgan fingerprint density at radius 3 is 2.44 bits per heavy atom. The van der Waals surface area contributed by atoms with Crippen molar-refractivity contribution >= 4 is 5.78 Å². The van der Waals surface area contributed by atoms with Crippen molar-refractivity contribution in [2.24, 2.45) is 0 Å². The van der Waals surface area contributed by atoms with E-state index in [2.05, 4.69) is 4.74 Å². The first-order chi connectivity index (χ1) is 8.29. The van der Waals surface area contributed by atoms with E-state index in [1.54, 1.807) is 13.8 Å². The SMILES string of the molecule is CC(C)OCC(=O)c1ccccc1OC(F)(F)F. The normalized spacial score (nSPS) is 11.7. The van der Waals surface area contributed by atoms with Crippen molar-refractivity contribution in [3.63, 3.8) is 0 Å². The van der Waals surface area contributed by atoms with Gasteiger partial charge in [0.2, 0.25) is 0 Å². The standard InChI is InChI=1S/C12H13F3O3/c1-8(2)17-7-10(16)9-5-3-4-6-11(9)18-12(13,14)15/h3-6,8H,7H2,1-2H3. The van der Waals surface area contributed by atoms with Gasteiger partial charge in [0, 0.05) is 0 Å². The van der Waals surface area contributed by atoms with E-state index < -0.39 is 17.9 Å². The Balaban J connectivity index is 2.84. The lowest BCUT2D eigenvalue weighted by molar-refractivity contribution is -0.274. The molecule has 0 fully saturated rings. The molecule has 0 amide bonds. The van der Waals surface area contributed by atoms with Gasteiger partial charge in [0.1, 0.15) is 12.4 Å². The summed E-state index contributed by atoms with van der Waals surface area (Å²) < 4.78 is 45.2. The van der Waals surface area contributed by atoms with Gasteiger partial charge in [-0.3, -0.25) is 4.79 Å². The first-order valence-corrected chi connectivity index (χ1v) is 5.29. The Labute approximate surface area is 103 Å². The zero-order valence-corrected chi connectivity index (χ0v) is 9.95. The van der Waals surface area contributed by atoms with Crippen LogP contribution in [0.2, 0.25) is 0 Å². The Bertz CT molecular complexity index is 413. The van der Waals surface area contributed by atoms with Crippen molar-refractivity contribution in [1.29, 1.82) is 0 Å². The highest BCUT2D eigenvalue weighted by atomic mass is 19.4. The van der Waals surface area contributed by atoms with Crippen LogP contribution in [0.4, 0.5) is 13.2 Å². The fourth-order valence-electron chi connectivity index (χ4n) is 1.23. The maximum absolute atomic E-state index is 12.1. The lowest BCUT2D eigenvalue weighted by atomic mass is 10.1. The monoisotopic (exact) mass is 262 g/mol. The van der Waals surface area contributed by atoms with Crippen molar-refractivity contribution < 1.29 is 27.4 Å². The van der Waals surface area contributed by atoms with E-state index in [4.69, 9.17) is 4.74 Å². The first kappa shape index (κ1) is 14.5. The summed E-state index contributed by atoms with van der Waals surface area (Å²) in [4.78, 5) is 11.7.